The molecule has 0 unspecified atom stereocenters. The number of hydrogen-bond acceptors (Lipinski definition) is 10. The number of ether oxygens (including phenoxy) is 1. The number of oxazole rings is 1. The van der Waals surface area contributed by atoms with Crippen LogP contribution in [0.2, 0.25) is 0 Å². The fourth-order valence-corrected chi connectivity index (χ4v) is 5.47. The molecule has 2 saturated heterocycles. The molecule has 0 spiro atoms. The van der Waals surface area contributed by atoms with Gasteiger partial charge in [-0.1, -0.05) is 29.0 Å². The second-order valence-electron chi connectivity index (χ2n) is 9.03. The van der Waals surface area contributed by atoms with Crippen molar-refractivity contribution in [3.63, 3.8) is 0 Å². The maximum atomic E-state index is 13.2. The lowest BCUT2D eigenvalue weighted by Gasteiger charge is -2.25. The van der Waals surface area contributed by atoms with Crippen LogP contribution in [0, 0.1) is 6.92 Å². The molecular weight excluding hydrogens is 480 g/mol. The van der Waals surface area contributed by atoms with E-state index < -0.39 is 12.0 Å². The Morgan fingerprint density at radius 2 is 2.00 bits per heavy atom. The molecule has 36 heavy (non-hydrogen) atoms. The number of amides is 1. The van der Waals surface area contributed by atoms with E-state index in [1.54, 1.807) is 0 Å². The SMILES string of the molecule is Cc1cccc(-c2nc(C(=O)Nc3cc4sc(N5CCOCC5)nc4nc3N3CC[C@H](O)C3)co2)c1. The van der Waals surface area contributed by atoms with Crippen LogP contribution in [0.25, 0.3) is 21.8 Å². The Morgan fingerprint density at radius 3 is 2.78 bits per heavy atom. The second-order valence-corrected chi connectivity index (χ2v) is 10.0. The second kappa shape index (κ2) is 9.49. The molecule has 0 saturated carbocycles. The van der Waals surface area contributed by atoms with Crippen LogP contribution in [-0.4, -0.2) is 71.5 Å². The van der Waals surface area contributed by atoms with Gasteiger partial charge in [-0.05, 0) is 31.5 Å². The number of aryl methyl sites for hydroxylation is 1. The van der Waals surface area contributed by atoms with Crippen LogP contribution in [0.1, 0.15) is 22.5 Å². The van der Waals surface area contributed by atoms with Crippen LogP contribution in [0.3, 0.4) is 0 Å². The van der Waals surface area contributed by atoms with Gasteiger partial charge >= 0.3 is 0 Å². The molecule has 1 atom stereocenters. The van der Waals surface area contributed by atoms with Crippen molar-refractivity contribution in [2.75, 3.05) is 54.5 Å². The number of aliphatic hydroxyl groups is 1. The summed E-state index contributed by atoms with van der Waals surface area (Å²) in [4.78, 5) is 31.3. The minimum absolute atomic E-state index is 0.178. The predicted octanol–water partition coefficient (Wildman–Crippen LogP) is 3.31. The smallest absolute Gasteiger partial charge is 0.277 e. The van der Waals surface area contributed by atoms with Gasteiger partial charge in [0, 0.05) is 31.7 Å². The summed E-state index contributed by atoms with van der Waals surface area (Å²) in [5.41, 5.74) is 3.24. The lowest BCUT2D eigenvalue weighted by atomic mass is 10.1. The molecule has 2 aliphatic heterocycles. The Hall–Kier alpha value is -3.54. The summed E-state index contributed by atoms with van der Waals surface area (Å²) in [6.45, 7) is 5.99. The molecule has 0 aliphatic carbocycles. The van der Waals surface area contributed by atoms with Gasteiger partial charge in [-0.2, -0.15) is 4.98 Å². The molecule has 4 aromatic rings. The van der Waals surface area contributed by atoms with Gasteiger partial charge < -0.3 is 29.4 Å². The molecule has 2 fully saturated rings. The number of thiazole rings is 1. The maximum absolute atomic E-state index is 13.2. The number of nitrogens with one attached hydrogen (secondary N) is 1. The summed E-state index contributed by atoms with van der Waals surface area (Å²) in [5, 5.41) is 14.0. The van der Waals surface area contributed by atoms with Crippen molar-refractivity contribution in [1.82, 2.24) is 15.0 Å². The number of β-amino-alcohol motifs (C(OH)–C–C–N with tert-alkyl or cyclic N) is 1. The molecule has 2 aliphatic rings. The summed E-state index contributed by atoms with van der Waals surface area (Å²) in [7, 11) is 0. The minimum atomic E-state index is -0.433. The van der Waals surface area contributed by atoms with Crippen LogP contribution in [-0.2, 0) is 4.74 Å². The molecule has 10 nitrogen and oxygen atoms in total. The molecule has 1 amide bonds. The van der Waals surface area contributed by atoms with E-state index in [0.717, 1.165) is 34.0 Å². The van der Waals surface area contributed by atoms with Gasteiger partial charge in [-0.25, -0.2) is 9.97 Å². The topological polar surface area (TPSA) is 117 Å². The highest BCUT2D eigenvalue weighted by molar-refractivity contribution is 7.22. The lowest BCUT2D eigenvalue weighted by molar-refractivity contribution is 0.102. The molecule has 0 radical (unpaired) electrons. The van der Waals surface area contributed by atoms with Crippen molar-refractivity contribution >= 4 is 44.2 Å². The Morgan fingerprint density at radius 1 is 1.14 bits per heavy atom. The lowest BCUT2D eigenvalue weighted by Crippen LogP contribution is -2.36. The Kier molecular flexibility index (Phi) is 6.04. The third kappa shape index (κ3) is 4.52. The van der Waals surface area contributed by atoms with Gasteiger partial charge in [0.05, 0.1) is 29.7 Å². The average molecular weight is 507 g/mol. The number of fused-ring (bicyclic) bond motifs is 1. The number of aliphatic hydroxyl groups excluding tert-OH is 1. The third-order valence-electron chi connectivity index (χ3n) is 6.35. The average Bonchev–Trinajstić information content (AvgIpc) is 3.63. The number of morpholine rings is 1. The maximum Gasteiger partial charge on any atom is 0.277 e. The normalized spacial score (nSPS) is 18.2. The Balaban J connectivity index is 1.31. The molecule has 3 aromatic heterocycles. The number of carbonyl (C=O) groups is 1. The summed E-state index contributed by atoms with van der Waals surface area (Å²) >= 11 is 1.54. The fourth-order valence-electron chi connectivity index (χ4n) is 4.47. The number of carbonyl (C=O) groups excluding carboxylic acids is 1. The van der Waals surface area contributed by atoms with Crippen LogP contribution >= 0.6 is 11.3 Å². The molecule has 1 aromatic carbocycles. The summed E-state index contributed by atoms with van der Waals surface area (Å²) in [6, 6.07) is 9.67. The van der Waals surface area contributed by atoms with Gasteiger partial charge in [-0.3, -0.25) is 4.79 Å². The monoisotopic (exact) mass is 506 g/mol. The quantitative estimate of drug-likeness (QED) is 0.420. The molecule has 6 rings (SSSR count). The van der Waals surface area contributed by atoms with Crippen molar-refractivity contribution in [3.8, 4) is 11.5 Å². The first-order valence-corrected chi connectivity index (χ1v) is 12.8. The van der Waals surface area contributed by atoms with Crippen molar-refractivity contribution in [1.29, 1.82) is 0 Å². The first kappa shape index (κ1) is 22.9. The highest BCUT2D eigenvalue weighted by atomic mass is 32.1. The van der Waals surface area contributed by atoms with Crippen molar-refractivity contribution < 1.29 is 19.1 Å². The first-order chi connectivity index (χ1) is 17.5. The Bertz CT molecular complexity index is 1410. The van der Waals surface area contributed by atoms with Crippen LogP contribution in [0.15, 0.2) is 41.0 Å². The van der Waals surface area contributed by atoms with E-state index in [4.69, 9.17) is 19.1 Å². The van der Waals surface area contributed by atoms with E-state index in [2.05, 4.69) is 15.2 Å². The van der Waals surface area contributed by atoms with Gasteiger partial charge in [0.1, 0.15) is 6.26 Å². The zero-order valence-corrected chi connectivity index (χ0v) is 20.6. The third-order valence-corrected chi connectivity index (χ3v) is 7.40. The van der Waals surface area contributed by atoms with E-state index in [1.165, 1.54) is 17.6 Å². The number of benzene rings is 1. The Labute approximate surface area is 211 Å². The van der Waals surface area contributed by atoms with E-state index in [9.17, 15) is 9.90 Å². The van der Waals surface area contributed by atoms with Crippen molar-refractivity contribution in [2.45, 2.75) is 19.4 Å². The van der Waals surface area contributed by atoms with Crippen LogP contribution in [0.5, 0.6) is 0 Å². The number of anilines is 3. The van der Waals surface area contributed by atoms with E-state index >= 15 is 0 Å². The largest absolute Gasteiger partial charge is 0.444 e. The van der Waals surface area contributed by atoms with Crippen molar-refractivity contribution in [3.05, 3.63) is 47.9 Å². The standard InChI is InChI=1S/C25H26N6O4S/c1-15-3-2-4-16(11-15)24-27-19(14-35-24)23(33)26-18-12-20-21(28-22(18)31-6-5-17(32)13-31)29-25(36-20)30-7-9-34-10-8-30/h2-4,11-12,14,17,32H,5-10,13H2,1H3,(H,26,33)/t17-/m0/s1. The number of nitrogens with zero attached hydrogens (tertiary/aromatic N) is 5. The zero-order valence-electron chi connectivity index (χ0n) is 19.8. The molecule has 11 heteroatoms. The van der Waals surface area contributed by atoms with Gasteiger partial charge in [-0.15, -0.1) is 0 Å². The molecule has 5 heterocycles. The molecule has 0 bridgehead atoms. The summed E-state index contributed by atoms with van der Waals surface area (Å²) in [6.07, 6.45) is 1.58. The zero-order chi connectivity index (χ0) is 24.6. The van der Waals surface area contributed by atoms with Gasteiger partial charge in [0.2, 0.25) is 5.89 Å². The number of hydrogen-bond donors (Lipinski definition) is 2. The molecule has 186 valence electrons. The van der Waals surface area contributed by atoms with Crippen molar-refractivity contribution in [2.24, 2.45) is 0 Å². The fraction of sp³-hybridized carbons (Fsp3) is 0.360. The molecular formula is C25H26N6O4S. The summed E-state index contributed by atoms with van der Waals surface area (Å²) in [5.74, 6) is 0.587. The number of pyridine rings is 1. The van der Waals surface area contributed by atoms with E-state index in [1.807, 2.05) is 42.2 Å². The number of aromatic nitrogens is 3. The highest BCUT2D eigenvalue weighted by Crippen LogP contribution is 2.36. The van der Waals surface area contributed by atoms with E-state index in [0.29, 0.717) is 55.8 Å². The predicted molar refractivity (Wildman–Crippen MR) is 138 cm³/mol. The summed E-state index contributed by atoms with van der Waals surface area (Å²) < 4.78 is 11.9. The first-order valence-electron chi connectivity index (χ1n) is 11.9. The van der Waals surface area contributed by atoms with Crippen LogP contribution < -0.4 is 15.1 Å². The van der Waals surface area contributed by atoms with Gasteiger partial charge in [0.25, 0.3) is 5.91 Å². The minimum Gasteiger partial charge on any atom is -0.444 e. The van der Waals surface area contributed by atoms with Crippen LogP contribution in [0.4, 0.5) is 16.6 Å². The van der Waals surface area contributed by atoms with E-state index in [-0.39, 0.29) is 5.69 Å². The molecule has 2 N–H and O–H groups in total. The number of rotatable bonds is 5. The van der Waals surface area contributed by atoms with Gasteiger partial charge in [0.15, 0.2) is 22.3 Å². The highest BCUT2D eigenvalue weighted by Gasteiger charge is 2.27.